The largest absolute Gasteiger partial charge is 0.336 e. The summed E-state index contributed by atoms with van der Waals surface area (Å²) in [5.74, 6) is -0.152. The smallest absolute Gasteiger partial charge is 0.263 e. The van der Waals surface area contributed by atoms with E-state index >= 15 is 0 Å². The van der Waals surface area contributed by atoms with Crippen LogP contribution in [-0.2, 0) is 7.05 Å². The van der Waals surface area contributed by atoms with Gasteiger partial charge in [-0.05, 0) is 18.6 Å². The SMILES string of the molecule is Cc1c(C(=O)N2CCNCC2)c(=O)n(C)c2ccccc12. The maximum atomic E-state index is 12.7. The summed E-state index contributed by atoms with van der Waals surface area (Å²) >= 11 is 0. The number of rotatable bonds is 1. The molecule has 0 bridgehead atoms. The summed E-state index contributed by atoms with van der Waals surface area (Å²) in [6, 6.07) is 7.69. The molecule has 0 radical (unpaired) electrons. The molecule has 21 heavy (non-hydrogen) atoms. The van der Waals surface area contributed by atoms with Crippen molar-refractivity contribution in [3.8, 4) is 0 Å². The molecule has 1 amide bonds. The van der Waals surface area contributed by atoms with Crippen molar-refractivity contribution in [1.82, 2.24) is 14.8 Å². The first-order valence-corrected chi connectivity index (χ1v) is 7.19. The van der Waals surface area contributed by atoms with Gasteiger partial charge in [-0.1, -0.05) is 18.2 Å². The standard InChI is InChI=1S/C16H19N3O2/c1-11-12-5-3-4-6-13(12)18(2)15(20)14(11)16(21)19-9-7-17-8-10-19/h3-6,17H,7-10H2,1-2H3. The number of nitrogens with zero attached hydrogens (tertiary/aromatic N) is 2. The molecule has 1 N–H and O–H groups in total. The fourth-order valence-corrected chi connectivity index (χ4v) is 2.93. The molecule has 1 aromatic carbocycles. The lowest BCUT2D eigenvalue weighted by Crippen LogP contribution is -2.48. The van der Waals surface area contributed by atoms with Gasteiger partial charge in [-0.15, -0.1) is 0 Å². The average Bonchev–Trinajstić information content (AvgIpc) is 2.53. The normalized spacial score (nSPS) is 15.4. The van der Waals surface area contributed by atoms with Crippen molar-refractivity contribution in [2.75, 3.05) is 26.2 Å². The van der Waals surface area contributed by atoms with Gasteiger partial charge in [0.05, 0.1) is 5.52 Å². The number of hydrogen-bond donors (Lipinski definition) is 1. The van der Waals surface area contributed by atoms with E-state index in [1.165, 1.54) is 0 Å². The quantitative estimate of drug-likeness (QED) is 0.847. The molecule has 1 aliphatic heterocycles. The first-order chi connectivity index (χ1) is 10.1. The Morgan fingerprint density at radius 2 is 1.86 bits per heavy atom. The second-order valence-corrected chi connectivity index (χ2v) is 5.42. The highest BCUT2D eigenvalue weighted by molar-refractivity contribution is 6.00. The van der Waals surface area contributed by atoms with E-state index in [-0.39, 0.29) is 11.5 Å². The van der Waals surface area contributed by atoms with E-state index in [1.807, 2.05) is 31.2 Å². The maximum Gasteiger partial charge on any atom is 0.263 e. The Balaban J connectivity index is 2.18. The molecule has 5 nitrogen and oxygen atoms in total. The van der Waals surface area contributed by atoms with Gasteiger partial charge >= 0.3 is 0 Å². The monoisotopic (exact) mass is 285 g/mol. The van der Waals surface area contributed by atoms with Gasteiger partial charge in [-0.25, -0.2) is 0 Å². The van der Waals surface area contributed by atoms with Gasteiger partial charge in [0.15, 0.2) is 0 Å². The highest BCUT2D eigenvalue weighted by Gasteiger charge is 2.24. The van der Waals surface area contributed by atoms with E-state index in [9.17, 15) is 9.59 Å². The number of carbonyl (C=O) groups excluding carboxylic acids is 1. The Morgan fingerprint density at radius 1 is 1.19 bits per heavy atom. The molecule has 1 aliphatic rings. The number of para-hydroxylation sites is 1. The van der Waals surface area contributed by atoms with Gasteiger partial charge in [0.2, 0.25) is 0 Å². The number of benzene rings is 1. The highest BCUT2D eigenvalue weighted by atomic mass is 16.2. The minimum absolute atomic E-state index is 0.152. The van der Waals surface area contributed by atoms with Crippen LogP contribution in [0.1, 0.15) is 15.9 Å². The van der Waals surface area contributed by atoms with E-state index in [1.54, 1.807) is 16.5 Å². The van der Waals surface area contributed by atoms with Crippen molar-refractivity contribution in [3.63, 3.8) is 0 Å². The van der Waals surface area contributed by atoms with Crippen molar-refractivity contribution < 1.29 is 4.79 Å². The Morgan fingerprint density at radius 3 is 2.57 bits per heavy atom. The molecule has 3 rings (SSSR count). The molecule has 0 atom stereocenters. The predicted molar refractivity (Wildman–Crippen MR) is 82.7 cm³/mol. The van der Waals surface area contributed by atoms with E-state index in [4.69, 9.17) is 0 Å². The van der Waals surface area contributed by atoms with Crippen LogP contribution in [0.5, 0.6) is 0 Å². The van der Waals surface area contributed by atoms with Gasteiger partial charge in [0.1, 0.15) is 5.56 Å². The van der Waals surface area contributed by atoms with Crippen LogP contribution < -0.4 is 10.9 Å². The number of pyridine rings is 1. The number of piperazine rings is 1. The highest BCUT2D eigenvalue weighted by Crippen LogP contribution is 2.19. The molecule has 1 aromatic heterocycles. The number of carbonyl (C=O) groups is 1. The zero-order valence-electron chi connectivity index (χ0n) is 12.3. The summed E-state index contributed by atoms with van der Waals surface area (Å²) in [4.78, 5) is 27.1. The lowest BCUT2D eigenvalue weighted by molar-refractivity contribution is 0.0733. The van der Waals surface area contributed by atoms with E-state index < -0.39 is 0 Å². The molecular formula is C16H19N3O2. The van der Waals surface area contributed by atoms with Gasteiger partial charge in [0, 0.05) is 38.6 Å². The fourth-order valence-electron chi connectivity index (χ4n) is 2.93. The number of amides is 1. The topological polar surface area (TPSA) is 54.3 Å². The van der Waals surface area contributed by atoms with Crippen LogP contribution in [0.25, 0.3) is 10.9 Å². The van der Waals surface area contributed by atoms with E-state index in [2.05, 4.69) is 5.32 Å². The molecule has 0 spiro atoms. The number of nitrogens with one attached hydrogen (secondary N) is 1. The van der Waals surface area contributed by atoms with Crippen LogP contribution in [0.3, 0.4) is 0 Å². The number of hydrogen-bond acceptors (Lipinski definition) is 3. The summed E-state index contributed by atoms with van der Waals surface area (Å²) in [6.45, 7) is 4.71. The zero-order valence-corrected chi connectivity index (χ0v) is 12.3. The number of aromatic nitrogens is 1. The Bertz CT molecular complexity index is 758. The molecule has 1 fully saturated rings. The first kappa shape index (κ1) is 13.8. The van der Waals surface area contributed by atoms with E-state index in [0.717, 1.165) is 29.6 Å². The Labute approximate surface area is 123 Å². The maximum absolute atomic E-state index is 12.7. The van der Waals surface area contributed by atoms with Crippen LogP contribution in [0.4, 0.5) is 0 Å². The number of aryl methyl sites for hydroxylation is 2. The van der Waals surface area contributed by atoms with Crippen molar-refractivity contribution in [2.24, 2.45) is 7.05 Å². The summed E-state index contributed by atoms with van der Waals surface area (Å²) in [7, 11) is 1.72. The molecule has 5 heteroatoms. The van der Waals surface area contributed by atoms with Crippen molar-refractivity contribution >= 4 is 16.8 Å². The Hall–Kier alpha value is -2.14. The summed E-state index contributed by atoms with van der Waals surface area (Å²) in [5.41, 5.74) is 1.72. The second-order valence-electron chi connectivity index (χ2n) is 5.42. The molecule has 110 valence electrons. The van der Waals surface area contributed by atoms with Crippen molar-refractivity contribution in [2.45, 2.75) is 6.92 Å². The summed E-state index contributed by atoms with van der Waals surface area (Å²) < 4.78 is 1.57. The molecule has 2 aromatic rings. The molecule has 0 unspecified atom stereocenters. The minimum Gasteiger partial charge on any atom is -0.336 e. The molecule has 2 heterocycles. The van der Waals surface area contributed by atoms with Gasteiger partial charge in [-0.2, -0.15) is 0 Å². The number of fused-ring (bicyclic) bond motifs is 1. The predicted octanol–water partition coefficient (Wildman–Crippen LogP) is 0.892. The molecule has 1 saturated heterocycles. The lowest BCUT2D eigenvalue weighted by Gasteiger charge is -2.28. The summed E-state index contributed by atoms with van der Waals surface area (Å²) in [6.07, 6.45) is 0. The average molecular weight is 285 g/mol. The molecular weight excluding hydrogens is 266 g/mol. The Kier molecular flexibility index (Phi) is 3.51. The van der Waals surface area contributed by atoms with Crippen LogP contribution in [-0.4, -0.2) is 41.6 Å². The zero-order chi connectivity index (χ0) is 15.0. The molecule has 0 aliphatic carbocycles. The lowest BCUT2D eigenvalue weighted by atomic mass is 10.0. The van der Waals surface area contributed by atoms with Gasteiger partial charge < -0.3 is 14.8 Å². The van der Waals surface area contributed by atoms with Gasteiger partial charge in [-0.3, -0.25) is 9.59 Å². The third-order valence-corrected chi connectivity index (χ3v) is 4.18. The fraction of sp³-hybridized carbons (Fsp3) is 0.375. The van der Waals surface area contributed by atoms with Crippen LogP contribution >= 0.6 is 0 Å². The minimum atomic E-state index is -0.213. The third kappa shape index (κ3) is 2.23. The van der Waals surface area contributed by atoms with Crippen molar-refractivity contribution in [1.29, 1.82) is 0 Å². The van der Waals surface area contributed by atoms with Crippen LogP contribution in [0.15, 0.2) is 29.1 Å². The third-order valence-electron chi connectivity index (χ3n) is 4.18. The van der Waals surface area contributed by atoms with Crippen LogP contribution in [0, 0.1) is 6.92 Å². The van der Waals surface area contributed by atoms with Gasteiger partial charge in [0.25, 0.3) is 11.5 Å². The molecule has 0 saturated carbocycles. The van der Waals surface area contributed by atoms with Crippen molar-refractivity contribution in [3.05, 3.63) is 45.7 Å². The summed E-state index contributed by atoms with van der Waals surface area (Å²) in [5, 5.41) is 4.17. The second kappa shape index (κ2) is 5.33. The van der Waals surface area contributed by atoms with Crippen LogP contribution in [0.2, 0.25) is 0 Å². The van der Waals surface area contributed by atoms with E-state index in [0.29, 0.717) is 18.7 Å². The first-order valence-electron chi connectivity index (χ1n) is 7.19.